The summed E-state index contributed by atoms with van der Waals surface area (Å²) < 4.78 is 5.28. The van der Waals surface area contributed by atoms with Gasteiger partial charge in [0.25, 0.3) is 0 Å². The summed E-state index contributed by atoms with van der Waals surface area (Å²) in [4.78, 5) is 11.7. The van der Waals surface area contributed by atoms with Crippen molar-refractivity contribution in [1.82, 2.24) is 0 Å². The summed E-state index contributed by atoms with van der Waals surface area (Å²) in [7, 11) is 0. The van der Waals surface area contributed by atoms with E-state index in [1.54, 1.807) is 0 Å². The largest absolute Gasteiger partial charge is 0.423 e. The number of rotatable bonds is 3. The lowest BCUT2D eigenvalue weighted by molar-refractivity contribution is -0.133. The van der Waals surface area contributed by atoms with Crippen LogP contribution in [0.4, 0.5) is 0 Å². The van der Waals surface area contributed by atoms with E-state index in [2.05, 4.69) is 13.8 Å². The van der Waals surface area contributed by atoms with Crippen LogP contribution in [0, 0.1) is 5.92 Å². The Morgan fingerprint density at radius 1 is 1.40 bits per heavy atom. The smallest absolute Gasteiger partial charge is 0.340 e. The molecule has 0 bridgehead atoms. The number of hydrogen-bond donors (Lipinski definition) is 0. The monoisotopic (exact) mass is 208 g/mol. The molecular weight excluding hydrogens is 188 g/mol. The molecule has 0 fully saturated rings. The number of ether oxygens (including phenoxy) is 1. The second-order valence-corrected chi connectivity index (χ2v) is 4.45. The summed E-state index contributed by atoms with van der Waals surface area (Å²) in [5, 5.41) is 0. The third-order valence-electron chi connectivity index (χ3n) is 2.83. The van der Waals surface area contributed by atoms with Crippen molar-refractivity contribution in [3.63, 3.8) is 0 Å². The minimum atomic E-state index is -0.148. The normalized spacial score (nSPS) is 18.2. The second kappa shape index (κ2) is 4.65. The van der Waals surface area contributed by atoms with Crippen LogP contribution in [0.15, 0.2) is 22.5 Å². The van der Waals surface area contributed by atoms with Crippen LogP contribution in [0.5, 0.6) is 0 Å². The zero-order valence-corrected chi connectivity index (χ0v) is 10.3. The van der Waals surface area contributed by atoms with E-state index in [1.165, 1.54) is 0 Å². The van der Waals surface area contributed by atoms with Gasteiger partial charge in [-0.05, 0) is 38.7 Å². The standard InChI is InChI=1S/C13H20O2/c1-6-7-9(4)11-10(5)12(8(2)3)15-13(11)14/h9H,6-7H2,1-5H3. The van der Waals surface area contributed by atoms with E-state index in [-0.39, 0.29) is 5.97 Å². The van der Waals surface area contributed by atoms with Crippen molar-refractivity contribution in [2.24, 2.45) is 5.92 Å². The molecule has 0 saturated heterocycles. The molecule has 1 aliphatic rings. The molecule has 0 amide bonds. The Balaban J connectivity index is 3.05. The predicted molar refractivity (Wildman–Crippen MR) is 61.2 cm³/mol. The third-order valence-corrected chi connectivity index (χ3v) is 2.83. The first-order chi connectivity index (χ1) is 6.99. The van der Waals surface area contributed by atoms with Gasteiger partial charge in [-0.1, -0.05) is 20.3 Å². The molecule has 0 aliphatic carbocycles. The Hall–Kier alpha value is -1.05. The van der Waals surface area contributed by atoms with Crippen molar-refractivity contribution in [2.45, 2.75) is 47.5 Å². The van der Waals surface area contributed by atoms with Crippen molar-refractivity contribution < 1.29 is 9.53 Å². The SMILES string of the molecule is CCCC(C)C1=C(C)C(=C(C)C)OC1=O. The number of carbonyl (C=O) groups excluding carboxylic acids is 1. The Bertz CT molecular complexity index is 330. The zero-order valence-electron chi connectivity index (χ0n) is 10.3. The molecule has 0 N–H and O–H groups in total. The van der Waals surface area contributed by atoms with Gasteiger partial charge in [-0.3, -0.25) is 0 Å². The molecule has 15 heavy (non-hydrogen) atoms. The highest BCUT2D eigenvalue weighted by molar-refractivity contribution is 5.94. The highest BCUT2D eigenvalue weighted by atomic mass is 16.5. The van der Waals surface area contributed by atoms with E-state index in [0.717, 1.165) is 35.3 Å². The van der Waals surface area contributed by atoms with Gasteiger partial charge in [0.1, 0.15) is 5.76 Å². The van der Waals surface area contributed by atoms with Gasteiger partial charge in [-0.2, -0.15) is 0 Å². The molecule has 0 spiro atoms. The number of allylic oxidation sites excluding steroid dienone is 2. The van der Waals surface area contributed by atoms with E-state index < -0.39 is 0 Å². The summed E-state index contributed by atoms with van der Waals surface area (Å²) in [6, 6.07) is 0. The van der Waals surface area contributed by atoms with E-state index in [0.29, 0.717) is 5.92 Å². The molecule has 2 heteroatoms. The molecular formula is C13H20O2. The fourth-order valence-corrected chi connectivity index (χ4v) is 2.12. The van der Waals surface area contributed by atoms with Crippen molar-refractivity contribution in [3.8, 4) is 0 Å². The fraction of sp³-hybridized carbons (Fsp3) is 0.615. The highest BCUT2D eigenvalue weighted by Gasteiger charge is 2.30. The van der Waals surface area contributed by atoms with E-state index in [1.807, 2.05) is 20.8 Å². The van der Waals surface area contributed by atoms with E-state index in [4.69, 9.17) is 4.74 Å². The van der Waals surface area contributed by atoms with Crippen molar-refractivity contribution >= 4 is 5.97 Å². The van der Waals surface area contributed by atoms with Crippen LogP contribution in [0.1, 0.15) is 47.5 Å². The Morgan fingerprint density at radius 3 is 2.40 bits per heavy atom. The van der Waals surface area contributed by atoms with Gasteiger partial charge in [-0.15, -0.1) is 0 Å². The van der Waals surface area contributed by atoms with Gasteiger partial charge in [0.05, 0.1) is 0 Å². The van der Waals surface area contributed by atoms with Crippen LogP contribution < -0.4 is 0 Å². The Kier molecular flexibility index (Phi) is 3.72. The van der Waals surface area contributed by atoms with E-state index >= 15 is 0 Å². The lowest BCUT2D eigenvalue weighted by atomic mass is 9.93. The Morgan fingerprint density at radius 2 is 2.00 bits per heavy atom. The van der Waals surface area contributed by atoms with Gasteiger partial charge < -0.3 is 4.74 Å². The van der Waals surface area contributed by atoms with Gasteiger partial charge in [0, 0.05) is 11.1 Å². The first-order valence-electron chi connectivity index (χ1n) is 5.59. The maximum atomic E-state index is 11.7. The maximum Gasteiger partial charge on any atom is 0.340 e. The van der Waals surface area contributed by atoms with Crippen LogP contribution in [0.2, 0.25) is 0 Å². The van der Waals surface area contributed by atoms with Crippen molar-refractivity contribution in [1.29, 1.82) is 0 Å². The molecule has 0 aromatic carbocycles. The van der Waals surface area contributed by atoms with Gasteiger partial charge >= 0.3 is 5.97 Å². The summed E-state index contributed by atoms with van der Waals surface area (Å²) in [6.07, 6.45) is 2.13. The molecule has 1 unspecified atom stereocenters. The summed E-state index contributed by atoms with van der Waals surface area (Å²) in [6.45, 7) is 10.2. The van der Waals surface area contributed by atoms with Crippen LogP contribution in [0.3, 0.4) is 0 Å². The maximum absolute atomic E-state index is 11.7. The average Bonchev–Trinajstić information content (AvgIpc) is 2.42. The Labute approximate surface area is 92.0 Å². The minimum Gasteiger partial charge on any atom is -0.423 e. The molecule has 1 heterocycles. The minimum absolute atomic E-state index is 0.148. The van der Waals surface area contributed by atoms with Crippen LogP contribution in [-0.2, 0) is 9.53 Å². The quantitative estimate of drug-likeness (QED) is 0.662. The number of hydrogen-bond acceptors (Lipinski definition) is 2. The van der Waals surface area contributed by atoms with Crippen LogP contribution in [-0.4, -0.2) is 5.97 Å². The average molecular weight is 208 g/mol. The molecule has 1 rings (SSSR count). The van der Waals surface area contributed by atoms with Gasteiger partial charge in [-0.25, -0.2) is 4.79 Å². The molecule has 1 atom stereocenters. The molecule has 0 saturated carbocycles. The molecule has 84 valence electrons. The van der Waals surface area contributed by atoms with Crippen molar-refractivity contribution in [3.05, 3.63) is 22.5 Å². The van der Waals surface area contributed by atoms with Crippen LogP contribution in [0.25, 0.3) is 0 Å². The van der Waals surface area contributed by atoms with Gasteiger partial charge in [0.2, 0.25) is 0 Å². The number of carbonyl (C=O) groups is 1. The molecule has 1 aliphatic heterocycles. The number of cyclic esters (lactones) is 1. The predicted octanol–water partition coefficient (Wildman–Crippen LogP) is 3.59. The summed E-state index contributed by atoms with van der Waals surface area (Å²) in [5.41, 5.74) is 2.97. The molecule has 0 aromatic heterocycles. The molecule has 2 nitrogen and oxygen atoms in total. The summed E-state index contributed by atoms with van der Waals surface area (Å²) in [5.74, 6) is 0.932. The second-order valence-electron chi connectivity index (χ2n) is 4.45. The first-order valence-corrected chi connectivity index (χ1v) is 5.59. The zero-order chi connectivity index (χ0) is 11.6. The molecule has 0 radical (unpaired) electrons. The fourth-order valence-electron chi connectivity index (χ4n) is 2.12. The van der Waals surface area contributed by atoms with Crippen LogP contribution >= 0.6 is 0 Å². The van der Waals surface area contributed by atoms with E-state index in [9.17, 15) is 4.79 Å². The summed E-state index contributed by atoms with van der Waals surface area (Å²) >= 11 is 0. The lowest BCUT2D eigenvalue weighted by Gasteiger charge is -2.08. The third kappa shape index (κ3) is 2.31. The van der Waals surface area contributed by atoms with Gasteiger partial charge in [0.15, 0.2) is 0 Å². The topological polar surface area (TPSA) is 26.3 Å². The first kappa shape index (κ1) is 12.0. The highest BCUT2D eigenvalue weighted by Crippen LogP contribution is 2.33. The van der Waals surface area contributed by atoms with Crippen molar-refractivity contribution in [2.75, 3.05) is 0 Å². The molecule has 0 aromatic rings. The lowest BCUT2D eigenvalue weighted by Crippen LogP contribution is -2.08. The number of esters is 1.